The molecule has 1 unspecified atom stereocenters. The highest BCUT2D eigenvalue weighted by atomic mass is 35.5. The summed E-state index contributed by atoms with van der Waals surface area (Å²) in [5.74, 6) is 0.582. The summed E-state index contributed by atoms with van der Waals surface area (Å²) >= 11 is 6.46. The van der Waals surface area contributed by atoms with Crippen LogP contribution in [0.3, 0.4) is 0 Å². The van der Waals surface area contributed by atoms with Crippen LogP contribution in [0.15, 0.2) is 79.8 Å². The molecular formula is C27H23ClN6O3. The number of benzene rings is 2. The number of hydrogen-bond donors (Lipinski definition) is 2. The molecule has 0 radical (unpaired) electrons. The number of ether oxygens (including phenoxy) is 1. The van der Waals surface area contributed by atoms with Gasteiger partial charge in [-0.1, -0.05) is 24.2 Å². The summed E-state index contributed by atoms with van der Waals surface area (Å²) in [6.07, 6.45) is 5.00. The summed E-state index contributed by atoms with van der Waals surface area (Å²) in [5.41, 5.74) is 2.78. The molecule has 2 aromatic carbocycles. The summed E-state index contributed by atoms with van der Waals surface area (Å²) < 4.78 is 5.80. The highest BCUT2D eigenvalue weighted by molar-refractivity contribution is 6.32. The molecule has 0 spiro atoms. The summed E-state index contributed by atoms with van der Waals surface area (Å²) in [4.78, 5) is 39.0. The second-order valence-electron chi connectivity index (χ2n) is 8.36. The SMILES string of the molecule is C=CC(=O)N1CCC1C(=O)Nc1ccc2ncnc(Nc3ccc(OCc4ccccn4)c(Cl)c3)c2c1. The molecule has 10 heteroatoms. The Labute approximate surface area is 218 Å². The lowest BCUT2D eigenvalue weighted by Crippen LogP contribution is -2.56. The highest BCUT2D eigenvalue weighted by Gasteiger charge is 2.36. The first-order valence-electron chi connectivity index (χ1n) is 11.6. The number of anilines is 3. The minimum absolute atomic E-state index is 0.250. The van der Waals surface area contributed by atoms with E-state index >= 15 is 0 Å². The van der Waals surface area contributed by atoms with Gasteiger partial charge in [-0.15, -0.1) is 0 Å². The maximum Gasteiger partial charge on any atom is 0.247 e. The average Bonchev–Trinajstić information content (AvgIpc) is 2.88. The molecule has 1 fully saturated rings. The quantitative estimate of drug-likeness (QED) is 0.327. The molecule has 1 aliphatic heterocycles. The average molecular weight is 515 g/mol. The molecule has 1 aliphatic rings. The van der Waals surface area contributed by atoms with Crippen LogP contribution in [0.4, 0.5) is 17.2 Å². The van der Waals surface area contributed by atoms with Crippen molar-refractivity contribution in [2.45, 2.75) is 19.1 Å². The number of amides is 2. The van der Waals surface area contributed by atoms with E-state index in [9.17, 15) is 9.59 Å². The lowest BCUT2D eigenvalue weighted by atomic mass is 10.0. The largest absolute Gasteiger partial charge is 0.486 e. The molecule has 186 valence electrons. The highest BCUT2D eigenvalue weighted by Crippen LogP contribution is 2.31. The fourth-order valence-corrected chi connectivity index (χ4v) is 4.20. The number of fused-ring (bicyclic) bond motifs is 1. The second kappa shape index (κ2) is 10.6. The molecule has 2 aromatic heterocycles. The maximum atomic E-state index is 12.7. The third-order valence-corrected chi connectivity index (χ3v) is 6.27. The van der Waals surface area contributed by atoms with E-state index < -0.39 is 6.04 Å². The van der Waals surface area contributed by atoms with E-state index in [0.29, 0.717) is 58.4 Å². The van der Waals surface area contributed by atoms with E-state index in [1.165, 1.54) is 17.3 Å². The van der Waals surface area contributed by atoms with Gasteiger partial charge >= 0.3 is 0 Å². The van der Waals surface area contributed by atoms with Crippen molar-refractivity contribution in [1.82, 2.24) is 19.9 Å². The standard InChI is InChI=1S/C27H23ClN6O3/c1-2-25(35)34-12-10-23(34)27(36)33-17-6-8-22-20(13-17)26(31-16-30-22)32-18-7-9-24(21(28)14-18)37-15-19-5-3-4-11-29-19/h2-9,11,13-14,16,23H,1,10,12,15H2,(H,33,36)(H,30,31,32). The van der Waals surface area contributed by atoms with Gasteiger partial charge < -0.3 is 20.3 Å². The Morgan fingerprint density at radius 1 is 1.11 bits per heavy atom. The van der Waals surface area contributed by atoms with Gasteiger partial charge in [-0.3, -0.25) is 14.6 Å². The van der Waals surface area contributed by atoms with E-state index in [0.717, 1.165) is 5.69 Å². The Kier molecular flexibility index (Phi) is 6.96. The Morgan fingerprint density at radius 2 is 1.97 bits per heavy atom. The molecule has 0 bridgehead atoms. The van der Waals surface area contributed by atoms with Gasteiger partial charge in [-0.2, -0.15) is 0 Å². The molecule has 9 nitrogen and oxygen atoms in total. The lowest BCUT2D eigenvalue weighted by Gasteiger charge is -2.39. The van der Waals surface area contributed by atoms with Crippen LogP contribution in [0.25, 0.3) is 10.9 Å². The Bertz CT molecular complexity index is 1480. The van der Waals surface area contributed by atoms with Crippen molar-refractivity contribution in [3.63, 3.8) is 0 Å². The van der Waals surface area contributed by atoms with Crippen molar-refractivity contribution in [3.8, 4) is 5.75 Å². The summed E-state index contributed by atoms with van der Waals surface area (Å²) in [7, 11) is 0. The van der Waals surface area contributed by atoms with Gasteiger partial charge in [0.05, 0.1) is 16.2 Å². The van der Waals surface area contributed by atoms with Gasteiger partial charge in [0.15, 0.2) is 0 Å². The van der Waals surface area contributed by atoms with Crippen molar-refractivity contribution < 1.29 is 14.3 Å². The number of halogens is 1. The molecule has 1 saturated heterocycles. The molecule has 3 heterocycles. The van der Waals surface area contributed by atoms with E-state index in [-0.39, 0.29) is 11.8 Å². The minimum Gasteiger partial charge on any atom is -0.486 e. The second-order valence-corrected chi connectivity index (χ2v) is 8.77. The van der Waals surface area contributed by atoms with Crippen LogP contribution in [-0.4, -0.2) is 44.3 Å². The Morgan fingerprint density at radius 3 is 2.70 bits per heavy atom. The van der Waals surface area contributed by atoms with Crippen LogP contribution in [0.5, 0.6) is 5.75 Å². The number of carbonyl (C=O) groups is 2. The van der Waals surface area contributed by atoms with Crippen LogP contribution in [0, 0.1) is 0 Å². The van der Waals surface area contributed by atoms with Gasteiger partial charge in [0, 0.05) is 29.5 Å². The van der Waals surface area contributed by atoms with E-state index in [1.54, 1.807) is 36.5 Å². The predicted molar refractivity (Wildman–Crippen MR) is 142 cm³/mol. The van der Waals surface area contributed by atoms with Crippen LogP contribution >= 0.6 is 11.6 Å². The smallest absolute Gasteiger partial charge is 0.247 e. The summed E-state index contributed by atoms with van der Waals surface area (Å²) in [6, 6.07) is 15.8. The van der Waals surface area contributed by atoms with Crippen LogP contribution in [0.2, 0.25) is 5.02 Å². The fourth-order valence-electron chi connectivity index (χ4n) is 3.97. The number of pyridine rings is 1. The maximum absolute atomic E-state index is 12.7. The first-order valence-corrected chi connectivity index (χ1v) is 12.0. The number of carbonyl (C=O) groups excluding carboxylic acids is 2. The number of likely N-dealkylation sites (tertiary alicyclic amines) is 1. The summed E-state index contributed by atoms with van der Waals surface area (Å²) in [6.45, 7) is 4.33. The predicted octanol–water partition coefficient (Wildman–Crippen LogP) is 4.73. The molecule has 2 N–H and O–H groups in total. The van der Waals surface area contributed by atoms with Gasteiger partial charge in [-0.05, 0) is 61.0 Å². The number of aromatic nitrogens is 3. The minimum atomic E-state index is -0.508. The zero-order valence-electron chi connectivity index (χ0n) is 19.7. The molecule has 0 saturated carbocycles. The van der Waals surface area contributed by atoms with Gasteiger partial charge in [0.2, 0.25) is 11.8 Å². The van der Waals surface area contributed by atoms with Crippen molar-refractivity contribution in [1.29, 1.82) is 0 Å². The van der Waals surface area contributed by atoms with Crippen molar-refractivity contribution in [2.24, 2.45) is 0 Å². The number of rotatable bonds is 8. The van der Waals surface area contributed by atoms with Crippen LogP contribution in [-0.2, 0) is 16.2 Å². The van der Waals surface area contributed by atoms with E-state index in [1.807, 2.05) is 24.3 Å². The summed E-state index contributed by atoms with van der Waals surface area (Å²) in [5, 5.41) is 7.30. The number of nitrogens with one attached hydrogen (secondary N) is 2. The first-order chi connectivity index (χ1) is 18.0. The molecule has 4 aromatic rings. The third-order valence-electron chi connectivity index (χ3n) is 5.98. The first kappa shape index (κ1) is 24.2. The van der Waals surface area contributed by atoms with Crippen LogP contribution in [0.1, 0.15) is 12.1 Å². The molecule has 5 rings (SSSR count). The molecule has 1 atom stereocenters. The zero-order chi connectivity index (χ0) is 25.8. The molecule has 2 amide bonds. The number of hydrogen-bond acceptors (Lipinski definition) is 7. The lowest BCUT2D eigenvalue weighted by molar-refractivity contribution is -0.141. The van der Waals surface area contributed by atoms with Gasteiger partial charge in [0.1, 0.15) is 30.5 Å². The fraction of sp³-hybridized carbons (Fsp3) is 0.148. The Balaban J connectivity index is 1.31. The topological polar surface area (TPSA) is 109 Å². The Hall–Kier alpha value is -4.50. The van der Waals surface area contributed by atoms with Crippen molar-refractivity contribution in [3.05, 3.63) is 90.5 Å². The molecule has 0 aliphatic carbocycles. The molecule has 37 heavy (non-hydrogen) atoms. The normalized spacial score (nSPS) is 14.5. The van der Waals surface area contributed by atoms with Crippen molar-refractivity contribution in [2.75, 3.05) is 17.2 Å². The van der Waals surface area contributed by atoms with E-state index in [4.69, 9.17) is 16.3 Å². The zero-order valence-corrected chi connectivity index (χ0v) is 20.5. The van der Waals surface area contributed by atoms with Crippen molar-refractivity contribution >= 4 is 51.5 Å². The molecular weight excluding hydrogens is 492 g/mol. The monoisotopic (exact) mass is 514 g/mol. The van der Waals surface area contributed by atoms with Crippen LogP contribution < -0.4 is 15.4 Å². The number of nitrogens with zero attached hydrogens (tertiary/aromatic N) is 4. The van der Waals surface area contributed by atoms with E-state index in [2.05, 4.69) is 32.2 Å². The van der Waals surface area contributed by atoms with Gasteiger partial charge in [-0.25, -0.2) is 9.97 Å². The third kappa shape index (κ3) is 5.36. The van der Waals surface area contributed by atoms with Gasteiger partial charge in [0.25, 0.3) is 0 Å².